The van der Waals surface area contributed by atoms with Crippen LogP contribution in [0.25, 0.3) is 0 Å². The summed E-state index contributed by atoms with van der Waals surface area (Å²) >= 11 is 0. The van der Waals surface area contributed by atoms with E-state index in [0.717, 1.165) is 0 Å². The van der Waals surface area contributed by atoms with E-state index in [1.807, 2.05) is 0 Å². The summed E-state index contributed by atoms with van der Waals surface area (Å²) in [7, 11) is 0. The Labute approximate surface area is 154 Å². The average Bonchev–Trinajstić information content (AvgIpc) is 3.12. The Balaban J connectivity index is 1.80. The number of rotatable bonds is 6. The normalized spacial score (nSPS) is 41.4. The number of hydrogen-bond acceptors (Lipinski definition) is 10. The molecule has 2 heterocycles. The first-order valence-electron chi connectivity index (χ1n) is 8.68. The minimum Gasteiger partial charge on any atom is -0.471 e. The summed E-state index contributed by atoms with van der Waals surface area (Å²) in [4.78, 5) is 11.9. The molecular weight excluding hydrogens is 364 g/mol. The highest BCUT2D eigenvalue weighted by molar-refractivity contribution is 5.96. The Morgan fingerprint density at radius 1 is 1.11 bits per heavy atom. The van der Waals surface area contributed by atoms with Crippen LogP contribution in [0.3, 0.4) is 0 Å². The van der Waals surface area contributed by atoms with Crippen molar-refractivity contribution in [1.29, 1.82) is 0 Å². The molecule has 8 unspecified atom stereocenters. The molecule has 1 fully saturated rings. The van der Waals surface area contributed by atoms with E-state index < -0.39 is 61.9 Å². The average molecular weight is 388 g/mol. The smallest absolute Gasteiger partial charge is 0.208 e. The van der Waals surface area contributed by atoms with Crippen LogP contribution in [0.1, 0.15) is 6.42 Å². The molecule has 10 heteroatoms. The third-order valence-corrected chi connectivity index (χ3v) is 5.28. The van der Waals surface area contributed by atoms with E-state index in [0.29, 0.717) is 12.0 Å². The van der Waals surface area contributed by atoms with Crippen LogP contribution in [0.15, 0.2) is 23.5 Å². The van der Waals surface area contributed by atoms with Gasteiger partial charge >= 0.3 is 0 Å². The molecule has 27 heavy (non-hydrogen) atoms. The lowest BCUT2D eigenvalue weighted by Crippen LogP contribution is -2.60. The van der Waals surface area contributed by atoms with Gasteiger partial charge in [0.25, 0.3) is 0 Å². The van der Waals surface area contributed by atoms with Gasteiger partial charge in [0.05, 0.1) is 25.4 Å². The minimum atomic E-state index is -1.60. The summed E-state index contributed by atoms with van der Waals surface area (Å²) in [5, 5.41) is 57.8. The zero-order chi connectivity index (χ0) is 19.7. The molecule has 3 rings (SSSR count). The molecule has 1 aliphatic carbocycles. The molecule has 0 saturated carbocycles. The van der Waals surface area contributed by atoms with Crippen LogP contribution < -0.4 is 0 Å². The van der Waals surface area contributed by atoms with Gasteiger partial charge in [-0.05, 0) is 12.0 Å². The summed E-state index contributed by atoms with van der Waals surface area (Å²) in [6, 6.07) is 0. The first kappa shape index (κ1) is 20.4. The molecule has 3 aliphatic rings. The molecule has 0 aromatic carbocycles. The van der Waals surface area contributed by atoms with E-state index in [-0.39, 0.29) is 18.1 Å². The Kier molecular flexibility index (Phi) is 6.28. The molecule has 0 spiro atoms. The summed E-state index contributed by atoms with van der Waals surface area (Å²) in [5.74, 6) is -1.43. The lowest BCUT2D eigenvalue weighted by molar-refractivity contribution is -0.339. The summed E-state index contributed by atoms with van der Waals surface area (Å²) in [6.45, 7) is -1.57. The van der Waals surface area contributed by atoms with Gasteiger partial charge in [0, 0.05) is 11.5 Å². The largest absolute Gasteiger partial charge is 0.471 e. The maximum Gasteiger partial charge on any atom is 0.208 e. The number of aliphatic hydroxyl groups excluding tert-OH is 6. The number of carbonyl (C=O) groups excluding carboxylic acids is 1. The fraction of sp³-hybridized carbons (Fsp3) is 0.706. The molecule has 0 bridgehead atoms. The topological polar surface area (TPSA) is 166 Å². The van der Waals surface area contributed by atoms with Crippen LogP contribution in [0.5, 0.6) is 0 Å². The number of Topliss-reactive ketones (excluding diaryl/α,β-unsaturated/α-hetero) is 1. The number of allylic oxidation sites excluding steroid dienone is 1. The molecule has 0 aromatic rings. The van der Waals surface area contributed by atoms with Gasteiger partial charge in [0.1, 0.15) is 31.0 Å². The van der Waals surface area contributed by atoms with Gasteiger partial charge < -0.3 is 44.8 Å². The van der Waals surface area contributed by atoms with Crippen LogP contribution in [0.4, 0.5) is 0 Å². The molecule has 0 radical (unpaired) electrons. The van der Waals surface area contributed by atoms with Gasteiger partial charge in [0.2, 0.25) is 6.29 Å². The Morgan fingerprint density at radius 3 is 2.48 bits per heavy atom. The van der Waals surface area contributed by atoms with Crippen LogP contribution in [-0.2, 0) is 19.0 Å². The molecule has 0 aromatic heterocycles. The standard InChI is InChI=1S/C17H24O10/c18-3-7-1-2-8-9(10(21)4-19)6-25-16(12(7)8)27-17-15(24)14(23)13(22)11(5-20)26-17/h1,6,8,11-20,22-24H,2-5H2. The third kappa shape index (κ3) is 3.67. The van der Waals surface area contributed by atoms with E-state index in [1.54, 1.807) is 6.08 Å². The molecule has 0 amide bonds. The van der Waals surface area contributed by atoms with Gasteiger partial charge in [-0.25, -0.2) is 0 Å². The third-order valence-electron chi connectivity index (χ3n) is 5.28. The van der Waals surface area contributed by atoms with Crippen molar-refractivity contribution in [1.82, 2.24) is 0 Å². The van der Waals surface area contributed by atoms with Crippen molar-refractivity contribution >= 4 is 5.78 Å². The predicted octanol–water partition coefficient (Wildman–Crippen LogP) is -2.84. The molecular formula is C17H24O10. The maximum absolute atomic E-state index is 11.9. The van der Waals surface area contributed by atoms with Crippen molar-refractivity contribution in [2.45, 2.75) is 43.4 Å². The number of ketones is 1. The molecule has 8 atom stereocenters. The van der Waals surface area contributed by atoms with Gasteiger partial charge in [-0.1, -0.05) is 6.08 Å². The Hall–Kier alpha value is -1.37. The monoisotopic (exact) mass is 388 g/mol. The van der Waals surface area contributed by atoms with Gasteiger partial charge in [-0.3, -0.25) is 4.79 Å². The molecule has 2 aliphatic heterocycles. The highest BCUT2D eigenvalue weighted by Gasteiger charge is 2.49. The fourth-order valence-corrected chi connectivity index (χ4v) is 3.78. The van der Waals surface area contributed by atoms with Crippen molar-refractivity contribution < 1.29 is 49.6 Å². The highest BCUT2D eigenvalue weighted by atomic mass is 16.8. The number of fused-ring (bicyclic) bond motifs is 1. The van der Waals surface area contributed by atoms with Gasteiger partial charge in [-0.15, -0.1) is 0 Å². The van der Waals surface area contributed by atoms with Crippen molar-refractivity contribution in [2.24, 2.45) is 11.8 Å². The first-order chi connectivity index (χ1) is 12.9. The predicted molar refractivity (Wildman–Crippen MR) is 86.7 cm³/mol. The second-order valence-corrected chi connectivity index (χ2v) is 6.80. The van der Waals surface area contributed by atoms with E-state index in [4.69, 9.17) is 19.3 Å². The van der Waals surface area contributed by atoms with Crippen molar-refractivity contribution in [2.75, 3.05) is 19.8 Å². The van der Waals surface area contributed by atoms with E-state index in [2.05, 4.69) is 0 Å². The molecule has 1 saturated heterocycles. The number of carbonyl (C=O) groups is 1. The van der Waals surface area contributed by atoms with Crippen molar-refractivity contribution in [3.05, 3.63) is 23.5 Å². The van der Waals surface area contributed by atoms with E-state index in [1.165, 1.54) is 6.26 Å². The summed E-state index contributed by atoms with van der Waals surface area (Å²) in [6.07, 6.45) is -4.92. The van der Waals surface area contributed by atoms with Gasteiger partial charge in [-0.2, -0.15) is 0 Å². The maximum atomic E-state index is 11.9. The second kappa shape index (κ2) is 8.33. The number of hydrogen-bond donors (Lipinski definition) is 6. The number of aliphatic hydroxyl groups is 6. The zero-order valence-corrected chi connectivity index (χ0v) is 14.4. The van der Waals surface area contributed by atoms with Crippen molar-refractivity contribution in [3.63, 3.8) is 0 Å². The molecule has 10 nitrogen and oxygen atoms in total. The lowest BCUT2D eigenvalue weighted by Gasteiger charge is -2.43. The highest BCUT2D eigenvalue weighted by Crippen LogP contribution is 2.44. The SMILES string of the molecule is O=C(CO)C1=COC(OC2OC(CO)C(O)C(O)C2O)C2C(CO)=CCC12. The van der Waals surface area contributed by atoms with Gasteiger partial charge in [0.15, 0.2) is 12.1 Å². The Bertz CT molecular complexity index is 615. The first-order valence-corrected chi connectivity index (χ1v) is 8.68. The van der Waals surface area contributed by atoms with Crippen LogP contribution >= 0.6 is 0 Å². The summed E-state index contributed by atoms with van der Waals surface area (Å²) < 4.78 is 16.5. The van der Waals surface area contributed by atoms with E-state index in [9.17, 15) is 30.3 Å². The minimum absolute atomic E-state index is 0.274. The zero-order valence-electron chi connectivity index (χ0n) is 14.4. The van der Waals surface area contributed by atoms with Crippen LogP contribution in [0.2, 0.25) is 0 Å². The Morgan fingerprint density at radius 2 is 1.85 bits per heavy atom. The molecule has 6 N–H and O–H groups in total. The number of ether oxygens (including phenoxy) is 3. The van der Waals surface area contributed by atoms with Crippen LogP contribution in [0, 0.1) is 11.8 Å². The molecule has 152 valence electrons. The second-order valence-electron chi connectivity index (χ2n) is 6.80. The van der Waals surface area contributed by atoms with Crippen molar-refractivity contribution in [3.8, 4) is 0 Å². The van der Waals surface area contributed by atoms with Crippen LogP contribution in [-0.4, -0.2) is 93.2 Å². The lowest BCUT2D eigenvalue weighted by atomic mass is 9.82. The quantitative estimate of drug-likeness (QED) is 0.261. The van der Waals surface area contributed by atoms with E-state index >= 15 is 0 Å². The summed E-state index contributed by atoms with van der Waals surface area (Å²) in [5.41, 5.74) is 0.849. The fourth-order valence-electron chi connectivity index (χ4n) is 3.78.